The molecule has 0 atom stereocenters. The maximum atomic E-state index is 12.2. The van der Waals surface area contributed by atoms with E-state index in [-0.39, 0.29) is 5.91 Å². The number of rotatable bonds is 3. The van der Waals surface area contributed by atoms with Crippen molar-refractivity contribution < 1.29 is 4.79 Å². The van der Waals surface area contributed by atoms with Crippen molar-refractivity contribution in [3.8, 4) is 0 Å². The van der Waals surface area contributed by atoms with Crippen molar-refractivity contribution in [2.45, 2.75) is 6.92 Å². The van der Waals surface area contributed by atoms with E-state index in [9.17, 15) is 4.79 Å². The summed E-state index contributed by atoms with van der Waals surface area (Å²) in [7, 11) is 1.72. The van der Waals surface area contributed by atoms with E-state index in [0.717, 1.165) is 10.0 Å². The molecule has 0 aliphatic heterocycles. The zero-order valence-electron chi connectivity index (χ0n) is 10.6. The van der Waals surface area contributed by atoms with Gasteiger partial charge in [-0.2, -0.15) is 0 Å². The average Bonchev–Trinajstić information content (AvgIpc) is 2.41. The second kappa shape index (κ2) is 5.79. The Balaban J connectivity index is 2.30. The first-order valence-corrected chi connectivity index (χ1v) is 6.47. The molecular formula is C13H13BrN4O. The van der Waals surface area contributed by atoms with Gasteiger partial charge in [0.25, 0.3) is 5.91 Å². The summed E-state index contributed by atoms with van der Waals surface area (Å²) in [5.41, 5.74) is 1.37. The molecule has 0 aromatic carbocycles. The van der Waals surface area contributed by atoms with E-state index < -0.39 is 0 Å². The molecule has 98 valence electrons. The molecule has 5 nitrogen and oxygen atoms in total. The molecule has 0 aliphatic rings. The van der Waals surface area contributed by atoms with Gasteiger partial charge in [0.1, 0.15) is 11.6 Å². The minimum Gasteiger partial charge on any atom is -0.372 e. The van der Waals surface area contributed by atoms with Crippen LogP contribution in [0, 0.1) is 6.92 Å². The Morgan fingerprint density at radius 1 is 1.32 bits per heavy atom. The van der Waals surface area contributed by atoms with Gasteiger partial charge in [-0.25, -0.2) is 9.97 Å². The quantitative estimate of drug-likeness (QED) is 0.912. The van der Waals surface area contributed by atoms with Gasteiger partial charge in [-0.05, 0) is 40.5 Å². The highest BCUT2D eigenvalue weighted by Crippen LogP contribution is 2.19. The number of amides is 1. The summed E-state index contributed by atoms with van der Waals surface area (Å²) in [6.45, 7) is 1.89. The number of hydrogen-bond acceptors (Lipinski definition) is 4. The third kappa shape index (κ3) is 3.08. The molecule has 0 saturated heterocycles. The van der Waals surface area contributed by atoms with Crippen LogP contribution in [0.25, 0.3) is 0 Å². The highest BCUT2D eigenvalue weighted by atomic mass is 79.9. The second-order valence-electron chi connectivity index (χ2n) is 3.92. The first-order valence-electron chi connectivity index (χ1n) is 5.68. The van der Waals surface area contributed by atoms with Crippen molar-refractivity contribution in [2.75, 3.05) is 17.7 Å². The molecule has 0 radical (unpaired) electrons. The average molecular weight is 321 g/mol. The molecule has 0 spiro atoms. The summed E-state index contributed by atoms with van der Waals surface area (Å²) in [5, 5.41) is 5.67. The van der Waals surface area contributed by atoms with Crippen molar-refractivity contribution >= 4 is 33.5 Å². The number of halogens is 1. The molecule has 0 aliphatic carbocycles. The van der Waals surface area contributed by atoms with Gasteiger partial charge < -0.3 is 10.6 Å². The number of carbonyl (C=O) groups excluding carboxylic acids is 1. The van der Waals surface area contributed by atoms with E-state index in [2.05, 4.69) is 36.5 Å². The molecule has 2 aromatic heterocycles. The Morgan fingerprint density at radius 3 is 2.79 bits per heavy atom. The van der Waals surface area contributed by atoms with E-state index >= 15 is 0 Å². The highest BCUT2D eigenvalue weighted by molar-refractivity contribution is 9.10. The molecule has 2 rings (SSSR count). The number of carbonyl (C=O) groups is 1. The first kappa shape index (κ1) is 13.5. The topological polar surface area (TPSA) is 66.9 Å². The van der Waals surface area contributed by atoms with Crippen molar-refractivity contribution in [1.82, 2.24) is 9.97 Å². The molecule has 19 heavy (non-hydrogen) atoms. The van der Waals surface area contributed by atoms with Crippen LogP contribution in [0.1, 0.15) is 15.9 Å². The third-order valence-corrected chi connectivity index (χ3v) is 3.01. The van der Waals surface area contributed by atoms with Gasteiger partial charge in [0, 0.05) is 23.9 Å². The fraction of sp³-hybridized carbons (Fsp3) is 0.154. The fourth-order valence-corrected chi connectivity index (χ4v) is 1.93. The van der Waals surface area contributed by atoms with Crippen molar-refractivity contribution in [3.63, 3.8) is 0 Å². The largest absolute Gasteiger partial charge is 0.372 e. The van der Waals surface area contributed by atoms with Crippen molar-refractivity contribution in [2.24, 2.45) is 0 Å². The molecule has 0 fully saturated rings. The fourth-order valence-electron chi connectivity index (χ4n) is 1.60. The van der Waals surface area contributed by atoms with Crippen LogP contribution in [0.3, 0.4) is 0 Å². The zero-order chi connectivity index (χ0) is 13.8. The van der Waals surface area contributed by atoms with Gasteiger partial charge in [0.15, 0.2) is 0 Å². The maximum absolute atomic E-state index is 12.2. The standard InChI is InChI=1S/C13H13BrN4O/c1-8-4-3-5-16-11(8)18-13(19)10-6-9(14)7-17-12(10)15-2/h3-7H,1-2H3,(H,15,17)(H,16,18,19). The number of pyridine rings is 2. The van der Waals surface area contributed by atoms with Gasteiger partial charge in [0.05, 0.1) is 5.56 Å². The van der Waals surface area contributed by atoms with Gasteiger partial charge >= 0.3 is 0 Å². The van der Waals surface area contributed by atoms with Crippen LogP contribution in [0.5, 0.6) is 0 Å². The molecular weight excluding hydrogens is 308 g/mol. The van der Waals surface area contributed by atoms with Crippen molar-refractivity contribution in [1.29, 1.82) is 0 Å². The van der Waals surface area contributed by atoms with Crippen LogP contribution in [0.15, 0.2) is 35.1 Å². The van der Waals surface area contributed by atoms with Gasteiger partial charge in [-0.3, -0.25) is 4.79 Å². The molecule has 1 amide bonds. The van der Waals surface area contributed by atoms with E-state index in [1.807, 2.05) is 19.1 Å². The lowest BCUT2D eigenvalue weighted by Gasteiger charge is -2.10. The summed E-state index contributed by atoms with van der Waals surface area (Å²) >= 11 is 3.31. The number of aryl methyl sites for hydroxylation is 1. The number of aromatic nitrogens is 2. The Kier molecular flexibility index (Phi) is 4.11. The minimum absolute atomic E-state index is 0.250. The summed E-state index contributed by atoms with van der Waals surface area (Å²) in [4.78, 5) is 20.5. The van der Waals surface area contributed by atoms with Crippen LogP contribution in [-0.4, -0.2) is 22.9 Å². The number of hydrogen-bond donors (Lipinski definition) is 2. The monoisotopic (exact) mass is 320 g/mol. The summed E-state index contributed by atoms with van der Waals surface area (Å²) in [5.74, 6) is 0.823. The predicted octanol–water partition coefficient (Wildman–Crippen LogP) is 2.84. The number of nitrogens with zero attached hydrogens (tertiary/aromatic N) is 2. The van der Waals surface area contributed by atoms with Gasteiger partial charge in [-0.1, -0.05) is 6.07 Å². The predicted molar refractivity (Wildman–Crippen MR) is 78.4 cm³/mol. The molecule has 0 unspecified atom stereocenters. The molecule has 0 saturated carbocycles. The molecule has 0 bridgehead atoms. The second-order valence-corrected chi connectivity index (χ2v) is 4.84. The highest BCUT2D eigenvalue weighted by Gasteiger charge is 2.14. The van der Waals surface area contributed by atoms with E-state index in [1.165, 1.54) is 0 Å². The van der Waals surface area contributed by atoms with E-state index in [0.29, 0.717) is 17.2 Å². The van der Waals surface area contributed by atoms with E-state index in [4.69, 9.17) is 0 Å². The Labute approximate surface area is 119 Å². The van der Waals surface area contributed by atoms with Crippen LogP contribution >= 0.6 is 15.9 Å². The van der Waals surface area contributed by atoms with Crippen LogP contribution in [0.4, 0.5) is 11.6 Å². The Morgan fingerprint density at radius 2 is 2.11 bits per heavy atom. The lowest BCUT2D eigenvalue weighted by Crippen LogP contribution is -2.16. The van der Waals surface area contributed by atoms with Crippen molar-refractivity contribution in [3.05, 3.63) is 46.2 Å². The molecule has 2 heterocycles. The first-order chi connectivity index (χ1) is 9.11. The SMILES string of the molecule is CNc1ncc(Br)cc1C(=O)Nc1ncccc1C. The van der Waals surface area contributed by atoms with Crippen LogP contribution in [-0.2, 0) is 0 Å². The van der Waals surface area contributed by atoms with Crippen LogP contribution < -0.4 is 10.6 Å². The lowest BCUT2D eigenvalue weighted by atomic mass is 10.2. The summed E-state index contributed by atoms with van der Waals surface area (Å²) in [6.07, 6.45) is 3.27. The molecule has 2 N–H and O–H groups in total. The molecule has 2 aromatic rings. The van der Waals surface area contributed by atoms with Gasteiger partial charge in [0.2, 0.25) is 0 Å². The lowest BCUT2D eigenvalue weighted by molar-refractivity contribution is 0.102. The Bertz CT molecular complexity index is 615. The van der Waals surface area contributed by atoms with Crippen LogP contribution in [0.2, 0.25) is 0 Å². The zero-order valence-corrected chi connectivity index (χ0v) is 12.2. The number of anilines is 2. The maximum Gasteiger partial charge on any atom is 0.260 e. The smallest absolute Gasteiger partial charge is 0.260 e. The minimum atomic E-state index is -0.250. The normalized spacial score (nSPS) is 10.1. The number of nitrogens with one attached hydrogen (secondary N) is 2. The van der Waals surface area contributed by atoms with E-state index in [1.54, 1.807) is 25.5 Å². The molecule has 6 heteroatoms. The van der Waals surface area contributed by atoms with Gasteiger partial charge in [-0.15, -0.1) is 0 Å². The summed E-state index contributed by atoms with van der Waals surface area (Å²) < 4.78 is 0.745. The summed E-state index contributed by atoms with van der Waals surface area (Å²) in [6, 6.07) is 5.43. The third-order valence-electron chi connectivity index (χ3n) is 2.58. The Hall–Kier alpha value is -1.95.